The molecule has 0 radical (unpaired) electrons. The van der Waals surface area contributed by atoms with Gasteiger partial charge in [-0.15, -0.1) is 10.2 Å². The molecule has 3 aromatic heterocycles. The standard InChI is InChI=1S/C20H21FN8S2/c1-8-27-28-20(30-8)31-19-25-17-15(12-4-10(21)5-14(23-2)16(12)24-17)18(26-19)29-7-9-3-11(29)6-13(9)22/h4-5,9,11,13,23H,3,6-7,22H2,1-2H3,(H,24,25,26)/t9?,11?,13-/m0/s1. The number of aryl methyl sites for hydroxylation is 1. The normalized spacial score (nSPS) is 22.8. The highest BCUT2D eigenvalue weighted by Crippen LogP contribution is 2.44. The molecule has 1 aromatic carbocycles. The molecule has 0 spiro atoms. The molecule has 1 saturated carbocycles. The van der Waals surface area contributed by atoms with E-state index in [-0.39, 0.29) is 11.9 Å². The Kier molecular flexibility index (Phi) is 4.34. The van der Waals surface area contributed by atoms with E-state index in [2.05, 4.69) is 25.4 Å². The molecule has 2 bridgehead atoms. The number of nitrogens with zero attached hydrogens (tertiary/aromatic N) is 5. The fourth-order valence-corrected chi connectivity index (χ4v) is 6.60. The van der Waals surface area contributed by atoms with Gasteiger partial charge in [0.2, 0.25) is 0 Å². The van der Waals surface area contributed by atoms with E-state index in [9.17, 15) is 4.39 Å². The number of aromatic amines is 1. The first kappa shape index (κ1) is 19.2. The van der Waals surface area contributed by atoms with E-state index in [1.165, 1.54) is 29.2 Å². The number of hydrogen-bond acceptors (Lipinski definition) is 9. The molecule has 4 N–H and O–H groups in total. The summed E-state index contributed by atoms with van der Waals surface area (Å²) in [5.41, 5.74) is 8.50. The van der Waals surface area contributed by atoms with Crippen molar-refractivity contribution in [2.45, 2.75) is 41.3 Å². The summed E-state index contributed by atoms with van der Waals surface area (Å²) >= 11 is 2.91. The van der Waals surface area contributed by atoms with Crippen LogP contribution in [0.5, 0.6) is 0 Å². The molecule has 31 heavy (non-hydrogen) atoms. The van der Waals surface area contributed by atoms with Gasteiger partial charge >= 0.3 is 0 Å². The summed E-state index contributed by atoms with van der Waals surface area (Å²) in [4.78, 5) is 15.4. The lowest BCUT2D eigenvalue weighted by Gasteiger charge is -2.31. The number of H-pyrrole nitrogens is 1. The summed E-state index contributed by atoms with van der Waals surface area (Å²) in [6, 6.07) is 3.64. The Morgan fingerprint density at radius 3 is 2.84 bits per heavy atom. The maximum Gasteiger partial charge on any atom is 0.198 e. The van der Waals surface area contributed by atoms with Gasteiger partial charge in [0.15, 0.2) is 9.50 Å². The Morgan fingerprint density at radius 2 is 2.16 bits per heavy atom. The third-order valence-corrected chi connectivity index (χ3v) is 8.06. The number of nitrogens with two attached hydrogens (primary N) is 1. The van der Waals surface area contributed by atoms with Crippen LogP contribution >= 0.6 is 23.1 Å². The van der Waals surface area contributed by atoms with Gasteiger partial charge in [0.1, 0.15) is 22.3 Å². The lowest BCUT2D eigenvalue weighted by Crippen LogP contribution is -2.41. The molecule has 1 saturated heterocycles. The monoisotopic (exact) mass is 456 g/mol. The zero-order valence-corrected chi connectivity index (χ0v) is 18.6. The molecule has 2 unspecified atom stereocenters. The van der Waals surface area contributed by atoms with Gasteiger partial charge in [-0.2, -0.15) is 0 Å². The summed E-state index contributed by atoms with van der Waals surface area (Å²) < 4.78 is 15.2. The summed E-state index contributed by atoms with van der Waals surface area (Å²) in [7, 11) is 1.78. The van der Waals surface area contributed by atoms with E-state index in [4.69, 9.17) is 15.7 Å². The second-order valence-electron chi connectivity index (χ2n) is 8.19. The molecule has 6 rings (SSSR count). The minimum absolute atomic E-state index is 0.244. The van der Waals surface area contributed by atoms with E-state index >= 15 is 0 Å². The third-order valence-electron chi connectivity index (χ3n) is 6.31. The quantitative estimate of drug-likeness (QED) is 0.400. The zero-order valence-electron chi connectivity index (χ0n) is 17.0. The molecule has 4 heterocycles. The molecule has 1 aliphatic carbocycles. The number of rotatable bonds is 4. The minimum Gasteiger partial charge on any atom is -0.386 e. The number of fused-ring (bicyclic) bond motifs is 5. The van der Waals surface area contributed by atoms with Gasteiger partial charge in [-0.05, 0) is 49.6 Å². The molecule has 2 fully saturated rings. The summed E-state index contributed by atoms with van der Waals surface area (Å²) in [6.07, 6.45) is 2.02. The van der Waals surface area contributed by atoms with Crippen molar-refractivity contribution in [1.82, 2.24) is 25.1 Å². The highest BCUT2D eigenvalue weighted by atomic mass is 32.2. The van der Waals surface area contributed by atoms with Crippen molar-refractivity contribution in [1.29, 1.82) is 0 Å². The predicted octanol–water partition coefficient (Wildman–Crippen LogP) is 3.53. The van der Waals surface area contributed by atoms with E-state index < -0.39 is 0 Å². The summed E-state index contributed by atoms with van der Waals surface area (Å²) in [5.74, 6) is 1.01. The van der Waals surface area contributed by atoms with Crippen LogP contribution in [0.3, 0.4) is 0 Å². The molecule has 2 aliphatic rings. The third kappa shape index (κ3) is 3.06. The Balaban J connectivity index is 1.56. The molecule has 160 valence electrons. The second-order valence-corrected chi connectivity index (χ2v) is 10.6. The van der Waals surface area contributed by atoms with Crippen LogP contribution in [0.1, 0.15) is 17.8 Å². The van der Waals surface area contributed by atoms with Gasteiger partial charge in [0.05, 0.1) is 16.6 Å². The van der Waals surface area contributed by atoms with Crippen molar-refractivity contribution in [3.05, 3.63) is 23.0 Å². The number of halogens is 1. The van der Waals surface area contributed by atoms with Crippen LogP contribution in [-0.2, 0) is 0 Å². The van der Waals surface area contributed by atoms with Crippen molar-refractivity contribution in [2.24, 2.45) is 11.7 Å². The largest absolute Gasteiger partial charge is 0.386 e. The average Bonchev–Trinajstić information content (AvgIpc) is 3.50. The highest BCUT2D eigenvalue weighted by Gasteiger charge is 2.44. The highest BCUT2D eigenvalue weighted by molar-refractivity contribution is 8.00. The second kappa shape index (κ2) is 7.01. The molecular formula is C20H21FN8S2. The van der Waals surface area contributed by atoms with Crippen molar-refractivity contribution in [3.8, 4) is 0 Å². The number of benzene rings is 1. The van der Waals surface area contributed by atoms with Crippen LogP contribution in [0.4, 0.5) is 15.9 Å². The van der Waals surface area contributed by atoms with Crippen LogP contribution in [-0.4, -0.2) is 50.8 Å². The summed E-state index contributed by atoms with van der Waals surface area (Å²) in [6.45, 7) is 2.79. The van der Waals surface area contributed by atoms with E-state index in [0.717, 1.165) is 50.8 Å². The topological polar surface area (TPSA) is 109 Å². The van der Waals surface area contributed by atoms with Gasteiger partial charge < -0.3 is 20.9 Å². The molecule has 3 atom stereocenters. The summed E-state index contributed by atoms with van der Waals surface area (Å²) in [5, 5.41) is 14.5. The first-order valence-corrected chi connectivity index (χ1v) is 11.8. The Labute approximate surface area is 185 Å². The molecule has 4 aromatic rings. The molecule has 1 aliphatic heterocycles. The van der Waals surface area contributed by atoms with Crippen LogP contribution < -0.4 is 16.0 Å². The number of piperidine rings is 1. The Hall–Kier alpha value is -2.50. The van der Waals surface area contributed by atoms with Gasteiger partial charge in [-0.1, -0.05) is 11.3 Å². The number of hydrogen-bond donors (Lipinski definition) is 3. The van der Waals surface area contributed by atoms with E-state index in [1.54, 1.807) is 13.1 Å². The van der Waals surface area contributed by atoms with E-state index in [1.807, 2.05) is 6.92 Å². The van der Waals surface area contributed by atoms with Crippen LogP contribution in [0.15, 0.2) is 21.6 Å². The Morgan fingerprint density at radius 1 is 1.29 bits per heavy atom. The zero-order chi connectivity index (χ0) is 21.3. The smallest absolute Gasteiger partial charge is 0.198 e. The minimum atomic E-state index is -0.295. The number of aromatic nitrogens is 5. The first-order chi connectivity index (χ1) is 15.0. The first-order valence-electron chi connectivity index (χ1n) is 10.2. The molecule has 11 heteroatoms. The van der Waals surface area contributed by atoms with Crippen LogP contribution in [0.2, 0.25) is 0 Å². The lowest BCUT2D eigenvalue weighted by molar-refractivity contribution is 0.471. The fourth-order valence-electron chi connectivity index (χ4n) is 4.93. The van der Waals surface area contributed by atoms with Crippen LogP contribution in [0.25, 0.3) is 21.9 Å². The maximum atomic E-state index is 14.4. The van der Waals surface area contributed by atoms with Crippen molar-refractivity contribution in [3.63, 3.8) is 0 Å². The Bertz CT molecular complexity index is 1320. The average molecular weight is 457 g/mol. The maximum absolute atomic E-state index is 14.4. The number of nitrogens with one attached hydrogen (secondary N) is 2. The van der Waals surface area contributed by atoms with Crippen LogP contribution in [0, 0.1) is 18.7 Å². The SMILES string of the molecule is CNc1cc(F)cc2c1[nH]c1nc(Sc3nnc(C)s3)nc(N3CC4CC3C[C@@H]4N)c12. The van der Waals surface area contributed by atoms with Gasteiger partial charge in [0, 0.05) is 31.1 Å². The van der Waals surface area contributed by atoms with Crippen molar-refractivity contribution < 1.29 is 4.39 Å². The lowest BCUT2D eigenvalue weighted by atomic mass is 10.0. The molecule has 0 amide bonds. The fraction of sp³-hybridized carbons (Fsp3) is 0.400. The van der Waals surface area contributed by atoms with Gasteiger partial charge in [0.25, 0.3) is 0 Å². The molecular weight excluding hydrogens is 435 g/mol. The predicted molar refractivity (Wildman–Crippen MR) is 122 cm³/mol. The van der Waals surface area contributed by atoms with Gasteiger partial charge in [-0.3, -0.25) is 0 Å². The van der Waals surface area contributed by atoms with E-state index in [0.29, 0.717) is 28.5 Å². The van der Waals surface area contributed by atoms with Gasteiger partial charge in [-0.25, -0.2) is 14.4 Å². The van der Waals surface area contributed by atoms with Crippen molar-refractivity contribution in [2.75, 3.05) is 23.8 Å². The molecule has 8 nitrogen and oxygen atoms in total. The van der Waals surface area contributed by atoms with Crippen molar-refractivity contribution >= 4 is 56.5 Å². The number of anilines is 2.